The second-order valence-corrected chi connectivity index (χ2v) is 5.21. The SMILES string of the molecule is CC(=O)OC(C)(C)C(=O)c1cccc(C(C)C)c1. The first-order valence-corrected chi connectivity index (χ1v) is 6.08. The molecular formula is C15H20O3. The molecule has 3 nitrogen and oxygen atoms in total. The van der Waals surface area contributed by atoms with Crippen LogP contribution in [0.5, 0.6) is 0 Å². The van der Waals surface area contributed by atoms with E-state index in [4.69, 9.17) is 4.74 Å². The molecule has 1 rings (SSSR count). The quantitative estimate of drug-likeness (QED) is 0.606. The highest BCUT2D eigenvalue weighted by molar-refractivity contribution is 6.03. The minimum atomic E-state index is -1.12. The van der Waals surface area contributed by atoms with E-state index in [9.17, 15) is 9.59 Å². The number of rotatable bonds is 4. The lowest BCUT2D eigenvalue weighted by atomic mass is 9.93. The van der Waals surface area contributed by atoms with Crippen molar-refractivity contribution in [2.75, 3.05) is 0 Å². The number of benzene rings is 1. The summed E-state index contributed by atoms with van der Waals surface area (Å²) in [6, 6.07) is 7.45. The topological polar surface area (TPSA) is 43.4 Å². The van der Waals surface area contributed by atoms with Crippen molar-refractivity contribution in [3.05, 3.63) is 35.4 Å². The van der Waals surface area contributed by atoms with Crippen LogP contribution >= 0.6 is 0 Å². The third kappa shape index (κ3) is 3.42. The molecule has 18 heavy (non-hydrogen) atoms. The average molecular weight is 248 g/mol. The summed E-state index contributed by atoms with van der Waals surface area (Å²) in [5.41, 5.74) is 0.550. The number of carbonyl (C=O) groups is 2. The maximum absolute atomic E-state index is 12.3. The van der Waals surface area contributed by atoms with E-state index in [1.807, 2.05) is 18.2 Å². The Morgan fingerprint density at radius 3 is 2.33 bits per heavy atom. The highest BCUT2D eigenvalue weighted by Gasteiger charge is 2.31. The summed E-state index contributed by atoms with van der Waals surface area (Å²) in [5.74, 6) is -0.275. The van der Waals surface area contributed by atoms with Gasteiger partial charge in [-0.3, -0.25) is 9.59 Å². The summed E-state index contributed by atoms with van der Waals surface area (Å²) in [6.45, 7) is 8.67. The number of esters is 1. The van der Waals surface area contributed by atoms with Gasteiger partial charge in [0.25, 0.3) is 0 Å². The molecule has 0 fully saturated rings. The molecule has 0 N–H and O–H groups in total. The summed E-state index contributed by atoms with van der Waals surface area (Å²) in [4.78, 5) is 23.3. The molecule has 0 amide bonds. The first-order chi connectivity index (χ1) is 8.24. The van der Waals surface area contributed by atoms with Crippen LogP contribution in [0.3, 0.4) is 0 Å². The molecule has 0 aromatic heterocycles. The Kier molecular flexibility index (Phi) is 4.28. The molecule has 1 aromatic rings. The number of ketones is 1. The molecule has 0 unspecified atom stereocenters. The number of Topliss-reactive ketones (excluding diaryl/α,β-unsaturated/α-hetero) is 1. The van der Waals surface area contributed by atoms with Crippen molar-refractivity contribution in [1.29, 1.82) is 0 Å². The highest BCUT2D eigenvalue weighted by Crippen LogP contribution is 2.21. The molecule has 1 aromatic carbocycles. The first kappa shape index (κ1) is 14.4. The van der Waals surface area contributed by atoms with E-state index in [0.29, 0.717) is 11.5 Å². The van der Waals surface area contributed by atoms with Crippen molar-refractivity contribution >= 4 is 11.8 Å². The van der Waals surface area contributed by atoms with Crippen LogP contribution in [-0.2, 0) is 9.53 Å². The van der Waals surface area contributed by atoms with Gasteiger partial charge in [-0.25, -0.2) is 0 Å². The largest absolute Gasteiger partial charge is 0.451 e. The Bertz CT molecular complexity index is 459. The lowest BCUT2D eigenvalue weighted by molar-refractivity contribution is -0.149. The summed E-state index contributed by atoms with van der Waals surface area (Å²) in [7, 11) is 0. The van der Waals surface area contributed by atoms with E-state index in [2.05, 4.69) is 13.8 Å². The zero-order chi connectivity index (χ0) is 13.9. The lowest BCUT2D eigenvalue weighted by Gasteiger charge is -2.23. The monoisotopic (exact) mass is 248 g/mol. The van der Waals surface area contributed by atoms with Crippen LogP contribution in [0.1, 0.15) is 56.5 Å². The first-order valence-electron chi connectivity index (χ1n) is 6.08. The summed E-state index contributed by atoms with van der Waals surface area (Å²) < 4.78 is 5.07. The molecule has 0 saturated carbocycles. The predicted octanol–water partition coefficient (Wildman–Crippen LogP) is 3.33. The maximum atomic E-state index is 12.3. The Balaban J connectivity index is 3.03. The minimum Gasteiger partial charge on any atom is -0.451 e. The van der Waals surface area contributed by atoms with Crippen LogP contribution in [0.25, 0.3) is 0 Å². The third-order valence-electron chi connectivity index (χ3n) is 2.76. The van der Waals surface area contributed by atoms with Crippen molar-refractivity contribution in [3.8, 4) is 0 Å². The van der Waals surface area contributed by atoms with Crippen molar-refractivity contribution in [3.63, 3.8) is 0 Å². The highest BCUT2D eigenvalue weighted by atomic mass is 16.6. The van der Waals surface area contributed by atoms with Crippen molar-refractivity contribution in [2.24, 2.45) is 0 Å². The molecule has 0 heterocycles. The van der Waals surface area contributed by atoms with E-state index < -0.39 is 11.6 Å². The smallest absolute Gasteiger partial charge is 0.303 e. The van der Waals surface area contributed by atoms with Crippen molar-refractivity contribution < 1.29 is 14.3 Å². The molecule has 0 saturated heterocycles. The van der Waals surface area contributed by atoms with Crippen LogP contribution in [0.15, 0.2) is 24.3 Å². The third-order valence-corrected chi connectivity index (χ3v) is 2.76. The van der Waals surface area contributed by atoms with Gasteiger partial charge in [0.15, 0.2) is 5.60 Å². The zero-order valence-corrected chi connectivity index (χ0v) is 11.6. The van der Waals surface area contributed by atoms with Crippen molar-refractivity contribution in [2.45, 2.75) is 46.1 Å². The number of hydrogen-bond acceptors (Lipinski definition) is 3. The molecule has 0 aliphatic carbocycles. The van der Waals surface area contributed by atoms with Crippen molar-refractivity contribution in [1.82, 2.24) is 0 Å². The van der Waals surface area contributed by atoms with Crippen LogP contribution in [0.4, 0.5) is 0 Å². The Morgan fingerprint density at radius 2 is 1.83 bits per heavy atom. The van der Waals surface area contributed by atoms with E-state index in [-0.39, 0.29) is 5.78 Å². The van der Waals surface area contributed by atoms with Gasteiger partial charge < -0.3 is 4.74 Å². The van der Waals surface area contributed by atoms with Crippen LogP contribution < -0.4 is 0 Å². The van der Waals surface area contributed by atoms with E-state index >= 15 is 0 Å². The molecule has 0 spiro atoms. The fourth-order valence-electron chi connectivity index (χ4n) is 1.79. The van der Waals surface area contributed by atoms with Gasteiger partial charge in [-0.1, -0.05) is 32.0 Å². The van der Waals surface area contributed by atoms with Crippen LogP contribution in [-0.4, -0.2) is 17.4 Å². The minimum absolute atomic E-state index is 0.180. The van der Waals surface area contributed by atoms with Gasteiger partial charge in [0, 0.05) is 12.5 Å². The standard InChI is InChI=1S/C15H20O3/c1-10(2)12-7-6-8-13(9-12)14(17)15(4,5)18-11(3)16/h6-10H,1-5H3. The van der Waals surface area contributed by atoms with Gasteiger partial charge in [-0.05, 0) is 31.4 Å². The molecule has 0 bridgehead atoms. The van der Waals surface area contributed by atoms with E-state index in [1.54, 1.807) is 19.9 Å². The van der Waals surface area contributed by atoms with E-state index in [0.717, 1.165) is 5.56 Å². The molecular weight excluding hydrogens is 228 g/mol. The van der Waals surface area contributed by atoms with Crippen LogP contribution in [0.2, 0.25) is 0 Å². The summed E-state index contributed by atoms with van der Waals surface area (Å²) in [6.07, 6.45) is 0. The number of carbonyl (C=O) groups excluding carboxylic acids is 2. The van der Waals surface area contributed by atoms with Gasteiger partial charge in [-0.2, -0.15) is 0 Å². The number of ether oxygens (including phenoxy) is 1. The van der Waals surface area contributed by atoms with Gasteiger partial charge >= 0.3 is 5.97 Å². The normalized spacial score (nSPS) is 11.4. The fourth-order valence-corrected chi connectivity index (χ4v) is 1.79. The van der Waals surface area contributed by atoms with Crippen LogP contribution in [0, 0.1) is 0 Å². The Morgan fingerprint density at radius 1 is 1.22 bits per heavy atom. The lowest BCUT2D eigenvalue weighted by Crippen LogP contribution is -2.36. The molecule has 0 aliphatic heterocycles. The van der Waals surface area contributed by atoms with E-state index in [1.165, 1.54) is 6.92 Å². The van der Waals surface area contributed by atoms with Gasteiger partial charge in [0.1, 0.15) is 0 Å². The molecule has 3 heteroatoms. The van der Waals surface area contributed by atoms with Gasteiger partial charge in [-0.15, -0.1) is 0 Å². The summed E-state index contributed by atoms with van der Waals surface area (Å²) >= 11 is 0. The molecule has 0 aliphatic rings. The fraction of sp³-hybridized carbons (Fsp3) is 0.467. The molecule has 98 valence electrons. The second-order valence-electron chi connectivity index (χ2n) is 5.21. The summed E-state index contributed by atoms with van der Waals surface area (Å²) in [5, 5.41) is 0. The van der Waals surface area contributed by atoms with Gasteiger partial charge in [0.05, 0.1) is 0 Å². The predicted molar refractivity (Wildman–Crippen MR) is 70.7 cm³/mol. The molecule has 0 atom stereocenters. The second kappa shape index (κ2) is 5.34. The Labute approximate surface area is 108 Å². The Hall–Kier alpha value is -1.64. The maximum Gasteiger partial charge on any atom is 0.303 e. The average Bonchev–Trinajstić information content (AvgIpc) is 2.26. The number of hydrogen-bond donors (Lipinski definition) is 0. The van der Waals surface area contributed by atoms with Gasteiger partial charge in [0.2, 0.25) is 5.78 Å². The molecule has 0 radical (unpaired) electrons. The zero-order valence-electron chi connectivity index (χ0n) is 11.6.